The van der Waals surface area contributed by atoms with Crippen LogP contribution in [0.15, 0.2) is 54.9 Å². The molecule has 0 atom stereocenters. The Hall–Kier alpha value is -2.99. The number of hydrogen-bond acceptors (Lipinski definition) is 4. The number of anilines is 1. The van der Waals surface area contributed by atoms with Crippen LogP contribution in [0, 0.1) is 0 Å². The van der Waals surface area contributed by atoms with Crippen molar-refractivity contribution >= 4 is 23.2 Å². The number of hydrogen-bond donors (Lipinski definition) is 1. The van der Waals surface area contributed by atoms with Crippen LogP contribution in [0.3, 0.4) is 0 Å². The van der Waals surface area contributed by atoms with E-state index in [1.54, 1.807) is 42.4 Å². The van der Waals surface area contributed by atoms with Crippen molar-refractivity contribution in [3.63, 3.8) is 0 Å². The predicted molar refractivity (Wildman–Crippen MR) is 100 cm³/mol. The first kappa shape index (κ1) is 17.8. The van der Waals surface area contributed by atoms with Gasteiger partial charge >= 0.3 is 0 Å². The van der Waals surface area contributed by atoms with Crippen LogP contribution in [-0.4, -0.2) is 29.9 Å². The van der Waals surface area contributed by atoms with Gasteiger partial charge in [-0.15, -0.1) is 0 Å². The maximum atomic E-state index is 12.5. The van der Waals surface area contributed by atoms with Gasteiger partial charge in [0, 0.05) is 17.3 Å². The van der Waals surface area contributed by atoms with Gasteiger partial charge in [-0.25, -0.2) is 0 Å². The van der Waals surface area contributed by atoms with E-state index in [2.05, 4.69) is 10.4 Å². The van der Waals surface area contributed by atoms with E-state index in [0.717, 1.165) is 5.56 Å². The van der Waals surface area contributed by atoms with Crippen LogP contribution in [-0.2, 0) is 6.54 Å². The molecule has 0 aliphatic carbocycles. The quantitative estimate of drug-likeness (QED) is 0.714. The van der Waals surface area contributed by atoms with Crippen molar-refractivity contribution in [3.05, 3.63) is 71.0 Å². The highest BCUT2D eigenvalue weighted by Crippen LogP contribution is 2.25. The molecule has 134 valence electrons. The van der Waals surface area contributed by atoms with Gasteiger partial charge < -0.3 is 14.8 Å². The summed E-state index contributed by atoms with van der Waals surface area (Å²) in [6.45, 7) is 0.582. The maximum Gasteiger partial charge on any atom is 0.259 e. The van der Waals surface area contributed by atoms with Gasteiger partial charge in [-0.1, -0.05) is 23.7 Å². The van der Waals surface area contributed by atoms with Gasteiger partial charge in [0.2, 0.25) is 0 Å². The minimum absolute atomic E-state index is 0.282. The molecular weight excluding hydrogens is 354 g/mol. The molecular formula is C19H18ClN3O3. The van der Waals surface area contributed by atoms with Crippen LogP contribution in [0.1, 0.15) is 15.9 Å². The van der Waals surface area contributed by atoms with Crippen LogP contribution in [0.25, 0.3) is 0 Å². The number of nitrogens with one attached hydrogen (secondary N) is 1. The third-order valence-electron chi connectivity index (χ3n) is 3.80. The highest BCUT2D eigenvalue weighted by atomic mass is 35.5. The Morgan fingerprint density at radius 2 is 1.92 bits per heavy atom. The standard InChI is InChI=1S/C19H18ClN3O3/c1-25-16-7-8-17(18(9-16)26-2)19(24)22-15-10-21-23(12-15)11-13-3-5-14(20)6-4-13/h3-10,12H,11H2,1-2H3,(H,22,24). The summed E-state index contributed by atoms with van der Waals surface area (Å²) in [6, 6.07) is 12.6. The van der Waals surface area contributed by atoms with Gasteiger partial charge in [0.25, 0.3) is 5.91 Å². The third kappa shape index (κ3) is 4.15. The molecule has 1 amide bonds. The van der Waals surface area contributed by atoms with E-state index < -0.39 is 0 Å². The fourth-order valence-corrected chi connectivity index (χ4v) is 2.60. The van der Waals surface area contributed by atoms with Crippen LogP contribution in [0.5, 0.6) is 11.5 Å². The highest BCUT2D eigenvalue weighted by molar-refractivity contribution is 6.30. The molecule has 0 spiro atoms. The average Bonchev–Trinajstić information content (AvgIpc) is 3.09. The van der Waals surface area contributed by atoms with Gasteiger partial charge in [0.05, 0.1) is 38.2 Å². The lowest BCUT2D eigenvalue weighted by Crippen LogP contribution is -2.13. The first-order valence-corrected chi connectivity index (χ1v) is 8.27. The number of aromatic nitrogens is 2. The summed E-state index contributed by atoms with van der Waals surface area (Å²) < 4.78 is 12.2. The van der Waals surface area contributed by atoms with E-state index in [9.17, 15) is 4.79 Å². The second-order valence-electron chi connectivity index (χ2n) is 5.57. The monoisotopic (exact) mass is 371 g/mol. The molecule has 0 bridgehead atoms. The van der Waals surface area contributed by atoms with E-state index in [1.165, 1.54) is 7.11 Å². The summed E-state index contributed by atoms with van der Waals surface area (Å²) in [5.41, 5.74) is 2.08. The molecule has 0 radical (unpaired) electrons. The Labute approximate surface area is 156 Å². The van der Waals surface area contributed by atoms with Gasteiger partial charge in [-0.05, 0) is 29.8 Å². The Kier molecular flexibility index (Phi) is 5.43. The Morgan fingerprint density at radius 3 is 2.62 bits per heavy atom. The van der Waals surface area contributed by atoms with Gasteiger partial charge in [0.1, 0.15) is 11.5 Å². The van der Waals surface area contributed by atoms with E-state index in [-0.39, 0.29) is 5.91 Å². The minimum atomic E-state index is -0.282. The second kappa shape index (κ2) is 7.93. The number of nitrogens with zero attached hydrogens (tertiary/aromatic N) is 2. The normalized spacial score (nSPS) is 10.4. The largest absolute Gasteiger partial charge is 0.497 e. The smallest absolute Gasteiger partial charge is 0.259 e. The summed E-state index contributed by atoms with van der Waals surface area (Å²) in [4.78, 5) is 12.5. The van der Waals surface area contributed by atoms with Gasteiger partial charge in [-0.3, -0.25) is 9.48 Å². The lowest BCUT2D eigenvalue weighted by atomic mass is 10.1. The topological polar surface area (TPSA) is 65.4 Å². The Balaban J connectivity index is 1.70. The summed E-state index contributed by atoms with van der Waals surface area (Å²) in [7, 11) is 3.07. The van der Waals surface area contributed by atoms with Crippen molar-refractivity contribution in [1.29, 1.82) is 0 Å². The molecule has 3 rings (SSSR count). The molecule has 3 aromatic rings. The number of rotatable bonds is 6. The summed E-state index contributed by atoms with van der Waals surface area (Å²) in [5.74, 6) is 0.778. The number of methoxy groups -OCH3 is 2. The van der Waals surface area contributed by atoms with E-state index in [4.69, 9.17) is 21.1 Å². The van der Waals surface area contributed by atoms with Gasteiger partial charge in [-0.2, -0.15) is 5.10 Å². The summed E-state index contributed by atoms with van der Waals surface area (Å²) in [6.07, 6.45) is 3.37. The molecule has 0 unspecified atom stereocenters. The molecule has 1 heterocycles. The maximum absolute atomic E-state index is 12.5. The summed E-state index contributed by atoms with van der Waals surface area (Å²) >= 11 is 5.89. The van der Waals surface area contributed by atoms with Crippen molar-refractivity contribution in [3.8, 4) is 11.5 Å². The SMILES string of the molecule is COc1ccc(C(=O)Nc2cnn(Cc3ccc(Cl)cc3)c2)c(OC)c1. The molecule has 26 heavy (non-hydrogen) atoms. The van der Waals surface area contributed by atoms with Crippen molar-refractivity contribution < 1.29 is 14.3 Å². The molecule has 0 fully saturated rings. The lowest BCUT2D eigenvalue weighted by molar-refractivity contribution is 0.102. The zero-order valence-electron chi connectivity index (χ0n) is 14.4. The number of carbonyl (C=O) groups excluding carboxylic acids is 1. The van der Waals surface area contributed by atoms with Crippen LogP contribution in [0.4, 0.5) is 5.69 Å². The van der Waals surface area contributed by atoms with Crippen molar-refractivity contribution in [2.75, 3.05) is 19.5 Å². The molecule has 2 aromatic carbocycles. The summed E-state index contributed by atoms with van der Waals surface area (Å²) in [5, 5.41) is 7.78. The van der Waals surface area contributed by atoms with Gasteiger partial charge in [0.15, 0.2) is 0 Å². The zero-order chi connectivity index (χ0) is 18.5. The molecule has 1 N–H and O–H groups in total. The highest BCUT2D eigenvalue weighted by Gasteiger charge is 2.14. The average molecular weight is 372 g/mol. The predicted octanol–water partition coefficient (Wildman–Crippen LogP) is 3.85. The van der Waals surface area contributed by atoms with Crippen LogP contribution < -0.4 is 14.8 Å². The number of carbonyl (C=O) groups is 1. The first-order chi connectivity index (χ1) is 12.6. The van der Waals surface area contributed by atoms with E-state index in [0.29, 0.717) is 34.3 Å². The second-order valence-corrected chi connectivity index (χ2v) is 6.01. The fourth-order valence-electron chi connectivity index (χ4n) is 2.48. The van der Waals surface area contributed by atoms with Crippen molar-refractivity contribution in [2.24, 2.45) is 0 Å². The van der Waals surface area contributed by atoms with Crippen molar-refractivity contribution in [1.82, 2.24) is 9.78 Å². The molecule has 0 aliphatic rings. The fraction of sp³-hybridized carbons (Fsp3) is 0.158. The molecule has 0 saturated carbocycles. The zero-order valence-corrected chi connectivity index (χ0v) is 15.2. The number of halogens is 1. The molecule has 1 aromatic heterocycles. The van der Waals surface area contributed by atoms with E-state index >= 15 is 0 Å². The Morgan fingerprint density at radius 1 is 1.15 bits per heavy atom. The van der Waals surface area contributed by atoms with Crippen LogP contribution in [0.2, 0.25) is 5.02 Å². The third-order valence-corrected chi connectivity index (χ3v) is 4.05. The molecule has 6 nitrogen and oxygen atoms in total. The minimum Gasteiger partial charge on any atom is -0.497 e. The van der Waals surface area contributed by atoms with Crippen LogP contribution >= 0.6 is 11.6 Å². The van der Waals surface area contributed by atoms with Crippen molar-refractivity contribution in [2.45, 2.75) is 6.54 Å². The Bertz CT molecular complexity index is 907. The number of ether oxygens (including phenoxy) is 2. The molecule has 7 heteroatoms. The van der Waals surface area contributed by atoms with E-state index in [1.807, 2.05) is 24.3 Å². The number of benzene rings is 2. The molecule has 0 aliphatic heterocycles. The number of amides is 1. The first-order valence-electron chi connectivity index (χ1n) is 7.89. The lowest BCUT2D eigenvalue weighted by Gasteiger charge is -2.10. The molecule has 0 saturated heterocycles.